The lowest BCUT2D eigenvalue weighted by atomic mass is 10.1. The van der Waals surface area contributed by atoms with Gasteiger partial charge >= 0.3 is 5.97 Å². The molecule has 0 spiro atoms. The number of benzene rings is 2. The van der Waals surface area contributed by atoms with Crippen LogP contribution < -0.4 is 14.2 Å². The van der Waals surface area contributed by atoms with Crippen LogP contribution in [0.25, 0.3) is 11.0 Å². The lowest BCUT2D eigenvalue weighted by molar-refractivity contribution is -0.142. The number of hydrogen-bond donors (Lipinski definition) is 0. The fourth-order valence-corrected chi connectivity index (χ4v) is 3.36. The van der Waals surface area contributed by atoms with Gasteiger partial charge in [0.05, 0.1) is 33.5 Å². The highest BCUT2D eigenvalue weighted by Gasteiger charge is 2.17. The molecule has 0 N–H and O–H groups in total. The molecule has 6 nitrogen and oxygen atoms in total. The minimum atomic E-state index is -0.317. The molecule has 0 saturated carbocycles. The van der Waals surface area contributed by atoms with E-state index in [1.807, 2.05) is 24.3 Å². The van der Waals surface area contributed by atoms with E-state index in [1.54, 1.807) is 33.5 Å². The highest BCUT2D eigenvalue weighted by molar-refractivity contribution is 9.10. The van der Waals surface area contributed by atoms with E-state index >= 15 is 0 Å². The van der Waals surface area contributed by atoms with Crippen LogP contribution in [0.15, 0.2) is 45.5 Å². The van der Waals surface area contributed by atoms with Gasteiger partial charge in [-0.15, -0.1) is 0 Å². The van der Waals surface area contributed by atoms with Gasteiger partial charge in [0.15, 0.2) is 22.8 Å². The number of hydrogen-bond acceptors (Lipinski definition) is 6. The number of carbonyl (C=O) groups is 1. The molecule has 3 aromatic rings. The monoisotopic (exact) mass is 448 g/mol. The second-order valence-corrected chi connectivity index (χ2v) is 6.88. The number of para-hydroxylation sites is 1. The number of furan rings is 1. The fourth-order valence-electron chi connectivity index (χ4n) is 2.93. The summed E-state index contributed by atoms with van der Waals surface area (Å²) in [6, 6.07) is 9.21. The standard InChI is InChI=1S/C21H21BrO6/c1-4-26-19(23)8-13-6-5-7-17(24-2)20(13)27-11-14-12-28-21-16(14)9-15(22)10-18(21)25-3/h5-7,9-10,12H,4,8,11H2,1-3H3. The molecule has 2 aromatic carbocycles. The van der Waals surface area contributed by atoms with Crippen molar-refractivity contribution in [2.75, 3.05) is 20.8 Å². The van der Waals surface area contributed by atoms with Gasteiger partial charge in [-0.3, -0.25) is 4.79 Å². The molecule has 0 unspecified atom stereocenters. The van der Waals surface area contributed by atoms with Crippen molar-refractivity contribution in [3.63, 3.8) is 0 Å². The maximum atomic E-state index is 11.9. The molecule has 28 heavy (non-hydrogen) atoms. The Balaban J connectivity index is 1.89. The molecule has 0 aliphatic heterocycles. The number of esters is 1. The zero-order chi connectivity index (χ0) is 20.1. The molecule has 0 bridgehead atoms. The number of carbonyl (C=O) groups excluding carboxylic acids is 1. The summed E-state index contributed by atoms with van der Waals surface area (Å²) in [6.07, 6.45) is 1.74. The van der Waals surface area contributed by atoms with Crippen LogP contribution in [0.1, 0.15) is 18.1 Å². The first-order valence-corrected chi connectivity index (χ1v) is 9.54. The van der Waals surface area contributed by atoms with Gasteiger partial charge in [0.1, 0.15) is 6.61 Å². The van der Waals surface area contributed by atoms with Crippen molar-refractivity contribution in [1.82, 2.24) is 0 Å². The Labute approximate surface area is 171 Å². The van der Waals surface area contributed by atoms with Gasteiger partial charge in [0.25, 0.3) is 0 Å². The van der Waals surface area contributed by atoms with Crippen LogP contribution in [0.4, 0.5) is 0 Å². The van der Waals surface area contributed by atoms with E-state index in [1.165, 1.54) is 0 Å². The maximum Gasteiger partial charge on any atom is 0.310 e. The van der Waals surface area contributed by atoms with Crippen molar-refractivity contribution in [2.24, 2.45) is 0 Å². The summed E-state index contributed by atoms with van der Waals surface area (Å²) in [7, 11) is 3.15. The average Bonchev–Trinajstić information content (AvgIpc) is 3.09. The summed E-state index contributed by atoms with van der Waals surface area (Å²) < 4.78 is 28.4. The first kappa shape index (κ1) is 20.1. The second-order valence-electron chi connectivity index (χ2n) is 5.96. The molecule has 0 radical (unpaired) electrons. The van der Waals surface area contributed by atoms with Crippen LogP contribution in [0, 0.1) is 0 Å². The number of ether oxygens (including phenoxy) is 4. The van der Waals surface area contributed by atoms with E-state index in [2.05, 4.69) is 15.9 Å². The van der Waals surface area contributed by atoms with Crippen LogP contribution in [0.3, 0.4) is 0 Å². The molecule has 1 aromatic heterocycles. The van der Waals surface area contributed by atoms with Crippen LogP contribution in [0.2, 0.25) is 0 Å². The number of rotatable bonds is 8. The molecule has 0 aliphatic rings. The zero-order valence-corrected chi connectivity index (χ0v) is 17.5. The van der Waals surface area contributed by atoms with Crippen LogP contribution in [0.5, 0.6) is 17.2 Å². The number of methoxy groups -OCH3 is 2. The van der Waals surface area contributed by atoms with Crippen molar-refractivity contribution in [3.8, 4) is 17.2 Å². The van der Waals surface area contributed by atoms with E-state index in [0.717, 1.165) is 15.4 Å². The van der Waals surface area contributed by atoms with Gasteiger partial charge in [-0.2, -0.15) is 0 Å². The molecule has 1 heterocycles. The number of halogens is 1. The van der Waals surface area contributed by atoms with Crippen molar-refractivity contribution < 1.29 is 28.2 Å². The van der Waals surface area contributed by atoms with Crippen molar-refractivity contribution in [3.05, 3.63) is 52.2 Å². The molecular formula is C21H21BrO6. The quantitative estimate of drug-likeness (QED) is 0.456. The van der Waals surface area contributed by atoms with E-state index < -0.39 is 0 Å². The van der Waals surface area contributed by atoms with Gasteiger partial charge in [-0.05, 0) is 25.1 Å². The Bertz CT molecular complexity index is 978. The lowest BCUT2D eigenvalue weighted by Gasteiger charge is -2.14. The van der Waals surface area contributed by atoms with E-state index in [9.17, 15) is 4.79 Å². The second kappa shape index (κ2) is 9.01. The van der Waals surface area contributed by atoms with Crippen molar-refractivity contribution in [1.29, 1.82) is 0 Å². The molecular weight excluding hydrogens is 428 g/mol. The van der Waals surface area contributed by atoms with E-state index in [-0.39, 0.29) is 19.0 Å². The minimum Gasteiger partial charge on any atom is -0.493 e. The molecule has 148 valence electrons. The summed E-state index contributed by atoms with van der Waals surface area (Å²) >= 11 is 3.48. The van der Waals surface area contributed by atoms with Crippen LogP contribution in [-0.2, 0) is 22.6 Å². The maximum absolute atomic E-state index is 11.9. The predicted octanol–water partition coefficient (Wildman–Crippen LogP) is 4.90. The first-order chi connectivity index (χ1) is 13.6. The lowest BCUT2D eigenvalue weighted by Crippen LogP contribution is -2.09. The number of fused-ring (bicyclic) bond motifs is 1. The van der Waals surface area contributed by atoms with Crippen LogP contribution in [-0.4, -0.2) is 26.8 Å². The largest absolute Gasteiger partial charge is 0.493 e. The summed E-state index contributed by atoms with van der Waals surface area (Å²) in [5, 5.41) is 0.882. The van der Waals surface area contributed by atoms with Gasteiger partial charge in [0, 0.05) is 21.0 Å². The minimum absolute atomic E-state index is 0.103. The molecule has 0 aliphatic carbocycles. The SMILES string of the molecule is CCOC(=O)Cc1cccc(OC)c1OCc1coc2c(OC)cc(Br)cc12. The Morgan fingerprint density at radius 3 is 2.61 bits per heavy atom. The van der Waals surface area contributed by atoms with Gasteiger partial charge in [-0.25, -0.2) is 0 Å². The molecule has 0 amide bonds. The van der Waals surface area contributed by atoms with E-state index in [4.69, 9.17) is 23.4 Å². The smallest absolute Gasteiger partial charge is 0.310 e. The van der Waals surface area contributed by atoms with Gasteiger partial charge < -0.3 is 23.4 Å². The molecule has 0 fully saturated rings. The third kappa shape index (κ3) is 4.25. The summed E-state index contributed by atoms with van der Waals surface area (Å²) in [5.74, 6) is 1.38. The molecule has 0 atom stereocenters. The molecule has 7 heteroatoms. The average molecular weight is 449 g/mol. The Morgan fingerprint density at radius 2 is 1.89 bits per heavy atom. The molecule has 3 rings (SSSR count). The molecule has 0 saturated heterocycles. The van der Waals surface area contributed by atoms with Crippen molar-refractivity contribution in [2.45, 2.75) is 20.0 Å². The summed E-state index contributed by atoms with van der Waals surface area (Å²) in [4.78, 5) is 11.9. The van der Waals surface area contributed by atoms with Gasteiger partial charge in [0.2, 0.25) is 0 Å². The fraction of sp³-hybridized carbons (Fsp3) is 0.286. The Morgan fingerprint density at radius 1 is 1.11 bits per heavy atom. The summed E-state index contributed by atoms with van der Waals surface area (Å²) in [5.41, 5.74) is 2.20. The zero-order valence-electron chi connectivity index (χ0n) is 15.9. The topological polar surface area (TPSA) is 67.1 Å². The third-order valence-corrected chi connectivity index (χ3v) is 4.65. The highest BCUT2D eigenvalue weighted by Crippen LogP contribution is 2.36. The Kier molecular flexibility index (Phi) is 6.46. The Hall–Kier alpha value is -2.67. The van der Waals surface area contributed by atoms with Gasteiger partial charge in [-0.1, -0.05) is 28.1 Å². The first-order valence-electron chi connectivity index (χ1n) is 8.75. The predicted molar refractivity (Wildman–Crippen MR) is 108 cm³/mol. The van der Waals surface area contributed by atoms with Crippen LogP contribution >= 0.6 is 15.9 Å². The van der Waals surface area contributed by atoms with Crippen molar-refractivity contribution >= 4 is 32.9 Å². The summed E-state index contributed by atoms with van der Waals surface area (Å²) in [6.45, 7) is 2.34. The van der Waals surface area contributed by atoms with E-state index in [0.29, 0.717) is 35.0 Å². The third-order valence-electron chi connectivity index (χ3n) is 4.20. The highest BCUT2D eigenvalue weighted by atomic mass is 79.9. The normalized spacial score (nSPS) is 10.7.